The fraction of sp³-hybridized carbons (Fsp3) is 0.219. The van der Waals surface area contributed by atoms with E-state index in [1.807, 2.05) is 44.2 Å². The van der Waals surface area contributed by atoms with Gasteiger partial charge >= 0.3 is 0 Å². The molecule has 1 N–H and O–H groups in total. The van der Waals surface area contributed by atoms with Crippen LogP contribution >= 0.6 is 0 Å². The minimum atomic E-state index is -3.96. The van der Waals surface area contributed by atoms with Crippen LogP contribution in [0.4, 0.5) is 5.69 Å². The number of nitrogens with one attached hydrogen (secondary N) is 1. The summed E-state index contributed by atoms with van der Waals surface area (Å²) >= 11 is 0. The Bertz CT molecular complexity index is 1550. The zero-order chi connectivity index (χ0) is 26.7. The van der Waals surface area contributed by atoms with Crippen molar-refractivity contribution in [3.63, 3.8) is 0 Å². The quantitative estimate of drug-likeness (QED) is 0.291. The summed E-state index contributed by atoms with van der Waals surface area (Å²) in [6.45, 7) is 3.98. The maximum absolute atomic E-state index is 14.0. The fourth-order valence-electron chi connectivity index (χ4n) is 4.99. The average Bonchev–Trinajstić information content (AvgIpc) is 3.40. The van der Waals surface area contributed by atoms with Crippen LogP contribution in [-0.4, -0.2) is 14.3 Å². The first-order chi connectivity index (χ1) is 18.3. The van der Waals surface area contributed by atoms with Crippen molar-refractivity contribution in [1.82, 2.24) is 5.32 Å². The van der Waals surface area contributed by atoms with Crippen LogP contribution in [0.1, 0.15) is 57.6 Å². The van der Waals surface area contributed by atoms with Gasteiger partial charge < -0.3 is 5.32 Å². The maximum atomic E-state index is 14.0. The van der Waals surface area contributed by atoms with Gasteiger partial charge in [-0.15, -0.1) is 0 Å². The Balaban J connectivity index is 1.50. The number of hydrogen-bond donors (Lipinski definition) is 1. The average molecular weight is 525 g/mol. The van der Waals surface area contributed by atoms with Gasteiger partial charge in [-0.2, -0.15) is 0 Å². The summed E-state index contributed by atoms with van der Waals surface area (Å²) in [5.74, 6) is -0.314. The molecule has 0 saturated carbocycles. The predicted octanol–water partition coefficient (Wildman–Crippen LogP) is 6.37. The molecule has 6 heteroatoms. The second-order valence-electron chi connectivity index (χ2n) is 9.90. The van der Waals surface area contributed by atoms with Crippen molar-refractivity contribution >= 4 is 21.6 Å². The third-order valence-corrected chi connectivity index (χ3v) is 8.94. The zero-order valence-corrected chi connectivity index (χ0v) is 22.5. The molecule has 0 aliphatic heterocycles. The molecule has 0 fully saturated rings. The van der Waals surface area contributed by atoms with E-state index in [9.17, 15) is 13.2 Å². The van der Waals surface area contributed by atoms with Crippen LogP contribution in [0.25, 0.3) is 0 Å². The maximum Gasteiger partial charge on any atom is 0.264 e. The molecule has 4 aromatic rings. The van der Waals surface area contributed by atoms with E-state index >= 15 is 0 Å². The normalized spacial score (nSPS) is 13.5. The molecule has 1 aliphatic carbocycles. The molecule has 4 aromatic carbocycles. The monoisotopic (exact) mass is 524 g/mol. The summed E-state index contributed by atoms with van der Waals surface area (Å²) < 4.78 is 29.3. The van der Waals surface area contributed by atoms with Crippen LogP contribution in [0.15, 0.2) is 102 Å². The van der Waals surface area contributed by atoms with E-state index in [1.165, 1.54) is 21.9 Å². The number of sulfonamides is 1. The third kappa shape index (κ3) is 5.36. The molecule has 1 aliphatic rings. The lowest BCUT2D eigenvalue weighted by atomic mass is 10.0. The largest absolute Gasteiger partial charge is 0.345 e. The molecule has 0 heterocycles. The zero-order valence-electron chi connectivity index (χ0n) is 21.7. The smallest absolute Gasteiger partial charge is 0.264 e. The van der Waals surface area contributed by atoms with Gasteiger partial charge in [0.1, 0.15) is 0 Å². The molecule has 0 radical (unpaired) electrons. The molecule has 38 heavy (non-hydrogen) atoms. The number of carbonyl (C=O) groups excluding carboxylic acids is 1. The summed E-state index contributed by atoms with van der Waals surface area (Å²) in [6.07, 6.45) is 3.34. The van der Waals surface area contributed by atoms with E-state index in [0.717, 1.165) is 29.5 Å². The van der Waals surface area contributed by atoms with Crippen LogP contribution < -0.4 is 9.62 Å². The molecule has 0 saturated heterocycles. The first kappa shape index (κ1) is 25.7. The molecule has 194 valence electrons. The Morgan fingerprint density at radius 2 is 1.55 bits per heavy atom. The Hall–Kier alpha value is -3.90. The standard InChI is InChI=1S/C32H32N2O3S/c1-23-15-19-29(20-16-23)38(36,37)34(22-25-9-4-3-5-10-25)31-14-7-6-13-30(31)32(35)33-24(2)27-18-17-26-11-8-12-28(26)21-27/h3-7,9-10,13-21,24H,8,11-12,22H2,1-2H3,(H,33,35). The van der Waals surface area contributed by atoms with Gasteiger partial charge in [-0.3, -0.25) is 9.10 Å². The van der Waals surface area contributed by atoms with Crippen molar-refractivity contribution in [2.45, 2.75) is 50.6 Å². The lowest BCUT2D eigenvalue weighted by molar-refractivity contribution is 0.0940. The summed E-state index contributed by atoms with van der Waals surface area (Å²) in [5, 5.41) is 3.10. The number of hydrogen-bond acceptors (Lipinski definition) is 3. The van der Waals surface area contributed by atoms with E-state index < -0.39 is 10.0 Å². The number of fused-ring (bicyclic) bond motifs is 1. The van der Waals surface area contributed by atoms with Crippen LogP contribution in [0.5, 0.6) is 0 Å². The first-order valence-corrected chi connectivity index (χ1v) is 14.4. The lowest BCUT2D eigenvalue weighted by Crippen LogP contribution is -2.34. The second kappa shape index (κ2) is 10.8. The van der Waals surface area contributed by atoms with Crippen molar-refractivity contribution in [2.75, 3.05) is 4.31 Å². The number of nitrogens with zero attached hydrogens (tertiary/aromatic N) is 1. The first-order valence-electron chi connectivity index (χ1n) is 13.0. The van der Waals surface area contributed by atoms with Crippen molar-refractivity contribution in [3.05, 3.63) is 130 Å². The Morgan fingerprint density at radius 1 is 0.868 bits per heavy atom. The molecule has 1 amide bonds. The van der Waals surface area contributed by atoms with Crippen molar-refractivity contribution < 1.29 is 13.2 Å². The number of anilines is 1. The number of aryl methyl sites for hydroxylation is 3. The molecule has 0 spiro atoms. The van der Waals surface area contributed by atoms with E-state index in [1.54, 1.807) is 48.5 Å². The number of rotatable bonds is 8. The SMILES string of the molecule is Cc1ccc(S(=O)(=O)N(Cc2ccccc2)c2ccccc2C(=O)NC(C)c2ccc3c(c2)CCC3)cc1. The minimum Gasteiger partial charge on any atom is -0.345 e. The highest BCUT2D eigenvalue weighted by atomic mass is 32.2. The summed E-state index contributed by atoms with van der Waals surface area (Å²) in [4.78, 5) is 13.8. The summed E-state index contributed by atoms with van der Waals surface area (Å²) in [5.41, 5.74) is 6.23. The third-order valence-electron chi connectivity index (χ3n) is 7.17. The van der Waals surface area contributed by atoms with Gasteiger partial charge in [0.15, 0.2) is 0 Å². The predicted molar refractivity (Wildman–Crippen MR) is 152 cm³/mol. The molecule has 1 atom stereocenters. The van der Waals surface area contributed by atoms with Crippen molar-refractivity contribution in [2.24, 2.45) is 0 Å². The molecule has 5 nitrogen and oxygen atoms in total. The Morgan fingerprint density at radius 3 is 2.32 bits per heavy atom. The number of benzene rings is 4. The number of carbonyl (C=O) groups is 1. The molecular formula is C32H32N2O3S. The van der Waals surface area contributed by atoms with Crippen molar-refractivity contribution in [1.29, 1.82) is 0 Å². The number of para-hydroxylation sites is 1. The van der Waals surface area contributed by atoms with Crippen LogP contribution in [-0.2, 0) is 29.4 Å². The topological polar surface area (TPSA) is 66.5 Å². The van der Waals surface area contributed by atoms with E-state index in [2.05, 4.69) is 23.5 Å². The van der Waals surface area contributed by atoms with Crippen molar-refractivity contribution in [3.8, 4) is 0 Å². The van der Waals surface area contributed by atoms with Gasteiger partial charge in [-0.05, 0) is 79.6 Å². The van der Waals surface area contributed by atoms with Gasteiger partial charge in [-0.25, -0.2) is 8.42 Å². The molecule has 0 bridgehead atoms. The van der Waals surface area contributed by atoms with Gasteiger partial charge in [0, 0.05) is 0 Å². The van der Waals surface area contributed by atoms with E-state index in [0.29, 0.717) is 11.3 Å². The van der Waals surface area contributed by atoms with Crippen LogP contribution in [0.3, 0.4) is 0 Å². The summed E-state index contributed by atoms with van der Waals surface area (Å²) in [7, 11) is -3.96. The Kier molecular flexibility index (Phi) is 7.34. The highest BCUT2D eigenvalue weighted by Gasteiger charge is 2.29. The molecule has 5 rings (SSSR count). The molecule has 0 aromatic heterocycles. The molecule has 1 unspecified atom stereocenters. The lowest BCUT2D eigenvalue weighted by Gasteiger charge is -2.27. The fourth-order valence-corrected chi connectivity index (χ4v) is 6.46. The Labute approximate surface area is 225 Å². The summed E-state index contributed by atoms with van der Waals surface area (Å²) in [6, 6.07) is 29.3. The van der Waals surface area contributed by atoms with E-state index in [-0.39, 0.29) is 23.4 Å². The number of amides is 1. The van der Waals surface area contributed by atoms with Gasteiger partial charge in [0.25, 0.3) is 15.9 Å². The van der Waals surface area contributed by atoms with Gasteiger partial charge in [0.2, 0.25) is 0 Å². The van der Waals surface area contributed by atoms with Gasteiger partial charge in [-0.1, -0.05) is 78.4 Å². The van der Waals surface area contributed by atoms with E-state index in [4.69, 9.17) is 0 Å². The second-order valence-corrected chi connectivity index (χ2v) is 11.8. The highest BCUT2D eigenvalue weighted by Crippen LogP contribution is 2.30. The van der Waals surface area contributed by atoms with Gasteiger partial charge in [0.05, 0.1) is 28.7 Å². The van der Waals surface area contributed by atoms with Crippen LogP contribution in [0.2, 0.25) is 0 Å². The van der Waals surface area contributed by atoms with Crippen LogP contribution in [0, 0.1) is 6.92 Å². The minimum absolute atomic E-state index is 0.0989. The molecular weight excluding hydrogens is 492 g/mol. The highest BCUT2D eigenvalue weighted by molar-refractivity contribution is 7.92.